The molecule has 1 aliphatic heterocycles. The maximum absolute atomic E-state index is 13.8. The number of amidine groups is 1. The minimum atomic E-state index is -4.97. The van der Waals surface area contributed by atoms with Crippen LogP contribution in [0.4, 0.5) is 18.9 Å². The second-order valence-electron chi connectivity index (χ2n) is 8.27. The molecule has 0 unspecified atom stereocenters. The number of anilines is 1. The molecule has 2 aromatic carbocycles. The van der Waals surface area contributed by atoms with Crippen LogP contribution in [0.3, 0.4) is 0 Å². The predicted molar refractivity (Wildman–Crippen MR) is 128 cm³/mol. The van der Waals surface area contributed by atoms with E-state index in [1.807, 2.05) is 0 Å². The largest absolute Gasteiger partial charge is 0.417 e. The van der Waals surface area contributed by atoms with Crippen LogP contribution in [0.1, 0.15) is 36.1 Å². The van der Waals surface area contributed by atoms with Crippen LogP contribution in [0.2, 0.25) is 0 Å². The van der Waals surface area contributed by atoms with E-state index < -0.39 is 50.9 Å². The first-order valence-corrected chi connectivity index (χ1v) is 12.6. The fourth-order valence-corrected chi connectivity index (χ4v) is 5.25. The second kappa shape index (κ2) is 11.3. The van der Waals surface area contributed by atoms with E-state index >= 15 is 0 Å². The van der Waals surface area contributed by atoms with E-state index in [0.717, 1.165) is 10.4 Å². The monoisotopic (exact) mass is 541 g/mol. The molecule has 200 valence electrons. The molecule has 2 aromatic rings. The van der Waals surface area contributed by atoms with E-state index in [9.17, 15) is 31.2 Å². The smallest absolute Gasteiger partial charge is 0.384 e. The van der Waals surface area contributed by atoms with Crippen LogP contribution in [-0.4, -0.2) is 56.7 Å². The highest BCUT2D eigenvalue weighted by Crippen LogP contribution is 2.37. The van der Waals surface area contributed by atoms with Crippen LogP contribution >= 0.6 is 0 Å². The van der Waals surface area contributed by atoms with Gasteiger partial charge in [0.15, 0.2) is 0 Å². The molecule has 1 atom stereocenters. The molecule has 5 N–H and O–H groups in total. The highest BCUT2D eigenvalue weighted by molar-refractivity contribution is 7.89. The molecule has 14 heteroatoms. The average molecular weight is 542 g/mol. The van der Waals surface area contributed by atoms with Crippen molar-refractivity contribution in [1.82, 2.24) is 9.62 Å². The topological polar surface area (TPSA) is 155 Å². The molecule has 0 radical (unpaired) electrons. The number of hydrogen-bond donors (Lipinski definition) is 4. The number of carbonyl (C=O) groups excluding carboxylic acids is 2. The Morgan fingerprint density at radius 3 is 2.30 bits per heavy atom. The summed E-state index contributed by atoms with van der Waals surface area (Å²) >= 11 is 0. The van der Waals surface area contributed by atoms with Gasteiger partial charge in [-0.25, -0.2) is 8.42 Å². The lowest BCUT2D eigenvalue weighted by Crippen LogP contribution is -2.41. The summed E-state index contributed by atoms with van der Waals surface area (Å²) < 4.78 is 73.3. The number of halogens is 3. The lowest BCUT2D eigenvalue weighted by atomic mass is 10.0. The molecule has 0 bridgehead atoms. The Bertz CT molecular complexity index is 1280. The molecular formula is C23H26F3N5O5S. The van der Waals surface area contributed by atoms with Crippen molar-refractivity contribution in [2.75, 3.05) is 31.6 Å². The number of nitrogens with two attached hydrogens (primary N) is 1. The molecule has 10 nitrogen and oxygen atoms in total. The highest BCUT2D eigenvalue weighted by Gasteiger charge is 2.40. The quantitative estimate of drug-likeness (QED) is 0.228. The molecule has 1 saturated heterocycles. The number of amides is 2. The Morgan fingerprint density at radius 1 is 1.11 bits per heavy atom. The van der Waals surface area contributed by atoms with Gasteiger partial charge in [-0.1, -0.05) is 6.07 Å². The number of hydrogen-bond acceptors (Lipinski definition) is 6. The van der Waals surface area contributed by atoms with Crippen LogP contribution in [0.25, 0.3) is 0 Å². The molecule has 1 heterocycles. The van der Waals surface area contributed by atoms with Gasteiger partial charge in [0.2, 0.25) is 21.8 Å². The number of ether oxygens (including phenoxy) is 1. The minimum absolute atomic E-state index is 0.0156. The molecule has 0 aromatic heterocycles. The van der Waals surface area contributed by atoms with Crippen molar-refractivity contribution in [3.8, 4) is 0 Å². The first kappa shape index (κ1) is 28.1. The summed E-state index contributed by atoms with van der Waals surface area (Å²) in [6.07, 6.45) is -5.57. The summed E-state index contributed by atoms with van der Waals surface area (Å²) in [6, 6.07) is 7.85. The fraction of sp³-hybridized carbons (Fsp3) is 0.348. The van der Waals surface area contributed by atoms with E-state index in [0.29, 0.717) is 17.3 Å². The SMILES string of the molecule is C[C@H](NC(=O)CC(=O)Nc1ccc(C(=N)N)cc1)c1ccc(S(=O)(=O)N2CCOCC2)c(C(F)(F)F)c1. The molecule has 2 amide bonds. The van der Waals surface area contributed by atoms with Gasteiger partial charge in [0.05, 0.1) is 29.7 Å². The molecule has 37 heavy (non-hydrogen) atoms. The van der Waals surface area contributed by atoms with Crippen molar-refractivity contribution >= 4 is 33.4 Å². The van der Waals surface area contributed by atoms with Gasteiger partial charge in [-0.3, -0.25) is 15.0 Å². The van der Waals surface area contributed by atoms with Crippen LogP contribution in [0.5, 0.6) is 0 Å². The highest BCUT2D eigenvalue weighted by atomic mass is 32.2. The summed E-state index contributed by atoms with van der Waals surface area (Å²) in [5, 5.41) is 12.3. The number of morpholine rings is 1. The summed E-state index contributed by atoms with van der Waals surface area (Å²) in [7, 11) is -4.42. The molecule has 1 fully saturated rings. The van der Waals surface area contributed by atoms with Gasteiger partial charge in [0, 0.05) is 24.3 Å². The molecular weight excluding hydrogens is 515 g/mol. The first-order chi connectivity index (χ1) is 17.3. The average Bonchev–Trinajstić information content (AvgIpc) is 2.83. The first-order valence-electron chi connectivity index (χ1n) is 11.1. The van der Waals surface area contributed by atoms with Crippen molar-refractivity contribution in [2.45, 2.75) is 30.5 Å². The standard InChI is InChI=1S/C23H26F3N5O5S/c1-14(29-20(32)13-21(33)30-17-5-2-15(3-6-17)22(27)28)16-4-7-19(18(12-16)23(24,25)26)37(34,35)31-8-10-36-11-9-31/h2-7,12,14H,8-11,13H2,1H3,(H3,27,28)(H,29,32)(H,30,33)/t14-/m0/s1. The normalized spacial score (nSPS) is 15.6. The van der Waals surface area contributed by atoms with E-state index in [1.165, 1.54) is 37.3 Å². The van der Waals surface area contributed by atoms with E-state index in [-0.39, 0.29) is 37.7 Å². The third-order valence-electron chi connectivity index (χ3n) is 5.58. The third kappa shape index (κ3) is 7.05. The molecule has 0 spiro atoms. The van der Waals surface area contributed by atoms with Gasteiger partial charge in [-0.15, -0.1) is 0 Å². The van der Waals surface area contributed by atoms with Crippen molar-refractivity contribution in [2.24, 2.45) is 5.73 Å². The van der Waals surface area contributed by atoms with Crippen molar-refractivity contribution in [1.29, 1.82) is 5.41 Å². The van der Waals surface area contributed by atoms with Crippen LogP contribution < -0.4 is 16.4 Å². The molecule has 3 rings (SSSR count). The predicted octanol–water partition coefficient (Wildman–Crippen LogP) is 2.22. The number of benzene rings is 2. The zero-order valence-electron chi connectivity index (χ0n) is 19.8. The number of sulfonamides is 1. The number of nitrogens with one attached hydrogen (secondary N) is 3. The Morgan fingerprint density at radius 2 is 1.73 bits per heavy atom. The van der Waals surface area contributed by atoms with Gasteiger partial charge in [0.1, 0.15) is 12.3 Å². The maximum atomic E-state index is 13.8. The van der Waals surface area contributed by atoms with Crippen LogP contribution in [0, 0.1) is 5.41 Å². The molecule has 0 saturated carbocycles. The van der Waals surface area contributed by atoms with Crippen LogP contribution in [0.15, 0.2) is 47.4 Å². The Labute approximate surface area is 211 Å². The van der Waals surface area contributed by atoms with Crippen LogP contribution in [-0.2, 0) is 30.5 Å². The van der Waals surface area contributed by atoms with E-state index in [2.05, 4.69) is 10.6 Å². The summed E-state index contributed by atoms with van der Waals surface area (Å²) in [5.74, 6) is -1.56. The zero-order chi connectivity index (χ0) is 27.4. The number of nitrogen functional groups attached to an aromatic ring is 1. The van der Waals surface area contributed by atoms with Gasteiger partial charge < -0.3 is 21.1 Å². The summed E-state index contributed by atoms with van der Waals surface area (Å²) in [5.41, 5.74) is 4.85. The zero-order valence-corrected chi connectivity index (χ0v) is 20.6. The van der Waals surface area contributed by atoms with Gasteiger partial charge >= 0.3 is 6.18 Å². The number of carbonyl (C=O) groups is 2. The number of nitrogens with zero attached hydrogens (tertiary/aromatic N) is 1. The fourth-order valence-electron chi connectivity index (χ4n) is 3.65. The number of rotatable bonds is 8. The van der Waals surface area contributed by atoms with Gasteiger partial charge in [-0.05, 0) is 48.9 Å². The maximum Gasteiger partial charge on any atom is 0.417 e. The Kier molecular flexibility index (Phi) is 8.56. The summed E-state index contributed by atoms with van der Waals surface area (Å²) in [6.45, 7) is 1.47. The lowest BCUT2D eigenvalue weighted by molar-refractivity contribution is -0.140. The van der Waals surface area contributed by atoms with Gasteiger partial charge in [0.25, 0.3) is 0 Å². The molecule has 1 aliphatic rings. The Balaban J connectivity index is 1.70. The van der Waals surface area contributed by atoms with Crippen molar-refractivity contribution in [3.63, 3.8) is 0 Å². The van der Waals surface area contributed by atoms with E-state index in [1.54, 1.807) is 0 Å². The number of alkyl halides is 3. The third-order valence-corrected chi connectivity index (χ3v) is 7.53. The minimum Gasteiger partial charge on any atom is -0.384 e. The van der Waals surface area contributed by atoms with Crippen molar-refractivity contribution < 1.29 is 35.9 Å². The van der Waals surface area contributed by atoms with Gasteiger partial charge in [-0.2, -0.15) is 17.5 Å². The summed E-state index contributed by atoms with van der Waals surface area (Å²) in [4.78, 5) is 23.6. The second-order valence-corrected chi connectivity index (χ2v) is 10.2. The lowest BCUT2D eigenvalue weighted by Gasteiger charge is -2.27. The van der Waals surface area contributed by atoms with Crippen molar-refractivity contribution in [3.05, 3.63) is 59.2 Å². The Hall–Kier alpha value is -3.49. The van der Waals surface area contributed by atoms with E-state index in [4.69, 9.17) is 15.9 Å². The molecule has 0 aliphatic carbocycles.